The highest BCUT2D eigenvalue weighted by molar-refractivity contribution is 7.89. The molecule has 0 atom stereocenters. The lowest BCUT2D eigenvalue weighted by Crippen LogP contribution is -2.32. The van der Waals surface area contributed by atoms with Crippen LogP contribution in [0.15, 0.2) is 53.4 Å². The van der Waals surface area contributed by atoms with Crippen LogP contribution in [0.5, 0.6) is 0 Å². The lowest BCUT2D eigenvalue weighted by Gasteiger charge is -2.13. The van der Waals surface area contributed by atoms with E-state index in [0.717, 1.165) is 31.2 Å². The Morgan fingerprint density at radius 1 is 1.03 bits per heavy atom. The SMILES string of the molecule is COC(=O)c1cccc(C(=O)NCCc2ccc(S(=O)(=O)NC3CCCC3)cc2)c1. The molecule has 0 unspecified atom stereocenters. The van der Waals surface area contributed by atoms with E-state index in [1.807, 2.05) is 0 Å². The van der Waals surface area contributed by atoms with Gasteiger partial charge in [-0.3, -0.25) is 4.79 Å². The number of hydrogen-bond acceptors (Lipinski definition) is 5. The van der Waals surface area contributed by atoms with E-state index in [1.165, 1.54) is 13.2 Å². The second-order valence-electron chi connectivity index (χ2n) is 7.32. The number of hydrogen-bond donors (Lipinski definition) is 2. The van der Waals surface area contributed by atoms with Crippen molar-refractivity contribution in [2.24, 2.45) is 0 Å². The molecule has 2 aromatic carbocycles. The largest absolute Gasteiger partial charge is 0.465 e. The Hall–Kier alpha value is -2.71. The van der Waals surface area contributed by atoms with Gasteiger partial charge in [-0.1, -0.05) is 31.0 Å². The number of rotatable bonds is 8. The summed E-state index contributed by atoms with van der Waals surface area (Å²) < 4.78 is 32.3. The molecular weight excluding hydrogens is 404 g/mol. The smallest absolute Gasteiger partial charge is 0.337 e. The molecule has 1 aliphatic carbocycles. The maximum atomic E-state index is 12.5. The van der Waals surface area contributed by atoms with E-state index in [0.29, 0.717) is 24.1 Å². The van der Waals surface area contributed by atoms with Crippen molar-refractivity contribution in [2.75, 3.05) is 13.7 Å². The Morgan fingerprint density at radius 3 is 2.37 bits per heavy atom. The van der Waals surface area contributed by atoms with Crippen LogP contribution in [0.2, 0.25) is 0 Å². The molecule has 0 aromatic heterocycles. The van der Waals surface area contributed by atoms with Gasteiger partial charge in [0.2, 0.25) is 10.0 Å². The molecule has 1 saturated carbocycles. The molecule has 0 spiro atoms. The van der Waals surface area contributed by atoms with Gasteiger partial charge in [-0.25, -0.2) is 17.9 Å². The number of esters is 1. The van der Waals surface area contributed by atoms with Gasteiger partial charge in [-0.15, -0.1) is 0 Å². The van der Waals surface area contributed by atoms with E-state index < -0.39 is 16.0 Å². The van der Waals surface area contributed by atoms with Gasteiger partial charge in [0.1, 0.15) is 0 Å². The van der Waals surface area contributed by atoms with Crippen LogP contribution in [-0.4, -0.2) is 40.0 Å². The van der Waals surface area contributed by atoms with Gasteiger partial charge in [0.05, 0.1) is 17.6 Å². The Labute approximate surface area is 176 Å². The van der Waals surface area contributed by atoms with Gasteiger partial charge >= 0.3 is 5.97 Å². The summed E-state index contributed by atoms with van der Waals surface area (Å²) in [5.74, 6) is -0.789. The third-order valence-electron chi connectivity index (χ3n) is 5.16. The molecule has 30 heavy (non-hydrogen) atoms. The number of benzene rings is 2. The van der Waals surface area contributed by atoms with Crippen LogP contribution in [-0.2, 0) is 21.2 Å². The first-order chi connectivity index (χ1) is 14.4. The first-order valence-corrected chi connectivity index (χ1v) is 11.5. The van der Waals surface area contributed by atoms with Gasteiger partial charge < -0.3 is 10.1 Å². The molecule has 1 amide bonds. The molecule has 8 heteroatoms. The molecule has 1 aliphatic rings. The minimum Gasteiger partial charge on any atom is -0.465 e. The number of nitrogens with one attached hydrogen (secondary N) is 2. The molecular formula is C22H26N2O5S. The fourth-order valence-corrected chi connectivity index (χ4v) is 4.80. The second kappa shape index (κ2) is 9.86. The predicted octanol–water partition coefficient (Wildman–Crippen LogP) is 2.67. The fourth-order valence-electron chi connectivity index (χ4n) is 3.49. The van der Waals surface area contributed by atoms with Gasteiger partial charge in [-0.2, -0.15) is 0 Å². The van der Waals surface area contributed by atoms with Crippen molar-refractivity contribution in [3.05, 3.63) is 65.2 Å². The fraction of sp³-hybridized carbons (Fsp3) is 0.364. The first-order valence-electron chi connectivity index (χ1n) is 9.97. The summed E-state index contributed by atoms with van der Waals surface area (Å²) in [7, 11) is -2.21. The monoisotopic (exact) mass is 430 g/mol. The number of carbonyl (C=O) groups is 2. The Morgan fingerprint density at radius 2 is 1.70 bits per heavy atom. The molecule has 3 rings (SSSR count). The minimum absolute atomic E-state index is 0.0302. The minimum atomic E-state index is -3.50. The topological polar surface area (TPSA) is 102 Å². The summed E-state index contributed by atoms with van der Waals surface area (Å²) in [6.07, 6.45) is 4.45. The summed E-state index contributed by atoms with van der Waals surface area (Å²) in [6, 6.07) is 13.0. The summed E-state index contributed by atoms with van der Waals surface area (Å²) >= 11 is 0. The van der Waals surface area contributed by atoms with E-state index in [-0.39, 0.29) is 16.8 Å². The predicted molar refractivity (Wildman–Crippen MR) is 113 cm³/mol. The summed E-state index contributed by atoms with van der Waals surface area (Å²) in [6.45, 7) is 0.383. The normalized spacial score (nSPS) is 14.4. The highest BCUT2D eigenvalue weighted by Gasteiger charge is 2.22. The van der Waals surface area contributed by atoms with E-state index in [9.17, 15) is 18.0 Å². The summed E-state index contributed by atoms with van der Waals surface area (Å²) in [4.78, 5) is 24.1. The molecule has 7 nitrogen and oxygen atoms in total. The second-order valence-corrected chi connectivity index (χ2v) is 9.04. The van der Waals surface area contributed by atoms with Crippen molar-refractivity contribution in [3.63, 3.8) is 0 Å². The number of ether oxygens (including phenoxy) is 1. The zero-order valence-electron chi connectivity index (χ0n) is 16.9. The molecule has 160 valence electrons. The average molecular weight is 431 g/mol. The standard InChI is InChI=1S/C22H26N2O5S/c1-29-22(26)18-6-4-5-17(15-18)21(25)23-14-13-16-9-11-20(12-10-16)30(27,28)24-19-7-2-3-8-19/h4-6,9-12,15,19,24H,2-3,7-8,13-14H2,1H3,(H,23,25). The van der Waals surface area contributed by atoms with Gasteiger partial charge in [0.15, 0.2) is 0 Å². The van der Waals surface area contributed by atoms with E-state index >= 15 is 0 Å². The Bertz CT molecular complexity index is 996. The van der Waals surface area contributed by atoms with Crippen LogP contribution in [0.4, 0.5) is 0 Å². The Kier molecular flexibility index (Phi) is 7.23. The average Bonchev–Trinajstić information content (AvgIpc) is 3.26. The van der Waals surface area contributed by atoms with Crippen LogP contribution in [0.1, 0.15) is 52.0 Å². The third kappa shape index (κ3) is 5.67. The van der Waals surface area contributed by atoms with E-state index in [2.05, 4.69) is 14.8 Å². The van der Waals surface area contributed by atoms with Crippen LogP contribution >= 0.6 is 0 Å². The number of carbonyl (C=O) groups excluding carboxylic acids is 2. The summed E-state index contributed by atoms with van der Waals surface area (Å²) in [5.41, 5.74) is 1.60. The van der Waals surface area contributed by atoms with E-state index in [4.69, 9.17) is 0 Å². The van der Waals surface area contributed by atoms with Crippen LogP contribution < -0.4 is 10.0 Å². The highest BCUT2D eigenvalue weighted by Crippen LogP contribution is 2.20. The first kappa shape index (κ1) is 22.0. The van der Waals surface area contributed by atoms with Crippen molar-refractivity contribution in [3.8, 4) is 0 Å². The zero-order valence-corrected chi connectivity index (χ0v) is 17.7. The molecule has 1 fully saturated rings. The highest BCUT2D eigenvalue weighted by atomic mass is 32.2. The lowest BCUT2D eigenvalue weighted by molar-refractivity contribution is 0.0600. The van der Waals surface area contributed by atoms with E-state index in [1.54, 1.807) is 42.5 Å². The number of amides is 1. The number of methoxy groups -OCH3 is 1. The Balaban J connectivity index is 1.53. The van der Waals surface area contributed by atoms with Crippen molar-refractivity contribution >= 4 is 21.9 Å². The van der Waals surface area contributed by atoms with Gasteiger partial charge in [-0.05, 0) is 55.2 Å². The van der Waals surface area contributed by atoms with Crippen molar-refractivity contribution in [2.45, 2.75) is 43.0 Å². The van der Waals surface area contributed by atoms with Crippen LogP contribution in [0, 0.1) is 0 Å². The number of sulfonamides is 1. The third-order valence-corrected chi connectivity index (χ3v) is 6.69. The summed E-state index contributed by atoms with van der Waals surface area (Å²) in [5, 5.41) is 2.80. The molecule has 2 aromatic rings. The van der Waals surface area contributed by atoms with Gasteiger partial charge in [0.25, 0.3) is 5.91 Å². The molecule has 0 radical (unpaired) electrons. The van der Waals surface area contributed by atoms with Crippen molar-refractivity contribution in [1.29, 1.82) is 0 Å². The molecule has 0 aliphatic heterocycles. The molecule has 0 saturated heterocycles. The molecule has 2 N–H and O–H groups in total. The maximum absolute atomic E-state index is 12.5. The van der Waals surface area contributed by atoms with Crippen LogP contribution in [0.25, 0.3) is 0 Å². The molecule has 0 bridgehead atoms. The maximum Gasteiger partial charge on any atom is 0.337 e. The van der Waals surface area contributed by atoms with Gasteiger partial charge in [0, 0.05) is 18.2 Å². The van der Waals surface area contributed by atoms with Crippen molar-refractivity contribution in [1.82, 2.24) is 10.0 Å². The van der Waals surface area contributed by atoms with Crippen LogP contribution in [0.3, 0.4) is 0 Å². The lowest BCUT2D eigenvalue weighted by atomic mass is 10.1. The quantitative estimate of drug-likeness (QED) is 0.627. The molecule has 0 heterocycles. The van der Waals surface area contributed by atoms with Crippen molar-refractivity contribution < 1.29 is 22.7 Å². The zero-order chi connectivity index (χ0) is 21.6.